The zero-order chi connectivity index (χ0) is 11.0. The molecule has 0 spiro atoms. The second-order valence-corrected chi connectivity index (χ2v) is 5.22. The summed E-state index contributed by atoms with van der Waals surface area (Å²) in [6, 6.07) is 0. The number of rotatable bonds is 1. The molecule has 1 fully saturated rings. The van der Waals surface area contributed by atoms with Gasteiger partial charge in [-0.05, 0) is 20.8 Å². The highest BCUT2D eigenvalue weighted by atomic mass is 16.4. The van der Waals surface area contributed by atoms with Crippen molar-refractivity contribution in [1.29, 1.82) is 0 Å². The van der Waals surface area contributed by atoms with Gasteiger partial charge in [-0.2, -0.15) is 4.79 Å². The van der Waals surface area contributed by atoms with E-state index in [1.54, 1.807) is 0 Å². The van der Waals surface area contributed by atoms with Gasteiger partial charge in [0, 0.05) is 18.9 Å². The normalized spacial score (nSPS) is 33.3. The molecule has 82 valence electrons. The third-order valence-corrected chi connectivity index (χ3v) is 3.47. The van der Waals surface area contributed by atoms with Crippen LogP contribution < -0.4 is 5.73 Å². The minimum absolute atomic E-state index is 0.162. The first-order valence-corrected chi connectivity index (χ1v) is 5.14. The molecule has 0 radical (unpaired) electrons. The van der Waals surface area contributed by atoms with Crippen LogP contribution in [-0.4, -0.2) is 40.9 Å². The Labute approximate surface area is 85.3 Å². The maximum atomic E-state index is 11.4. The quantitative estimate of drug-likeness (QED) is 0.628. The van der Waals surface area contributed by atoms with Gasteiger partial charge in [-0.3, -0.25) is 0 Å². The number of nitrogens with zero attached hydrogens (tertiary/aromatic N) is 1. The maximum Gasteiger partial charge on any atom is 0.513 e. The largest absolute Gasteiger partial charge is 0.513 e. The molecule has 0 bridgehead atoms. The summed E-state index contributed by atoms with van der Waals surface area (Å²) >= 11 is 0. The summed E-state index contributed by atoms with van der Waals surface area (Å²) in [5, 5.41) is 9.34. The Morgan fingerprint density at radius 2 is 2.14 bits per heavy atom. The SMILES string of the molecule is CC(C)(C)[N+]1(C(=O)O)CCC(CN)C1. The van der Waals surface area contributed by atoms with E-state index in [9.17, 15) is 9.90 Å². The second kappa shape index (κ2) is 3.51. The van der Waals surface area contributed by atoms with Crippen molar-refractivity contribution >= 4 is 6.09 Å². The van der Waals surface area contributed by atoms with Crippen molar-refractivity contribution in [2.75, 3.05) is 19.6 Å². The zero-order valence-electron chi connectivity index (χ0n) is 9.29. The Morgan fingerprint density at radius 3 is 2.36 bits per heavy atom. The average molecular weight is 201 g/mol. The van der Waals surface area contributed by atoms with Crippen molar-refractivity contribution in [3.8, 4) is 0 Å². The number of carboxylic acid groups (broad SMARTS) is 1. The predicted octanol–water partition coefficient (Wildman–Crippen LogP) is 1.26. The molecule has 2 atom stereocenters. The Bertz CT molecular complexity index is 235. The lowest BCUT2D eigenvalue weighted by Crippen LogP contribution is -2.61. The van der Waals surface area contributed by atoms with Crippen LogP contribution in [-0.2, 0) is 0 Å². The van der Waals surface area contributed by atoms with Crippen LogP contribution in [0.2, 0.25) is 0 Å². The summed E-state index contributed by atoms with van der Waals surface area (Å²) in [5.74, 6) is 0.366. The molecule has 0 saturated carbocycles. The van der Waals surface area contributed by atoms with Gasteiger partial charge in [0.05, 0.1) is 13.1 Å². The number of hydrogen-bond donors (Lipinski definition) is 2. The van der Waals surface area contributed by atoms with Crippen molar-refractivity contribution in [2.24, 2.45) is 11.7 Å². The van der Waals surface area contributed by atoms with Gasteiger partial charge >= 0.3 is 6.09 Å². The first kappa shape index (κ1) is 11.5. The molecule has 1 aliphatic heterocycles. The molecule has 1 heterocycles. The molecule has 1 saturated heterocycles. The van der Waals surface area contributed by atoms with E-state index in [1.165, 1.54) is 0 Å². The van der Waals surface area contributed by atoms with Crippen LogP contribution in [0.4, 0.5) is 4.79 Å². The van der Waals surface area contributed by atoms with Gasteiger partial charge in [-0.25, -0.2) is 4.48 Å². The molecule has 0 aromatic heterocycles. The second-order valence-electron chi connectivity index (χ2n) is 5.22. The highest BCUT2D eigenvalue weighted by Crippen LogP contribution is 2.33. The van der Waals surface area contributed by atoms with Gasteiger partial charge in [0.2, 0.25) is 0 Å². The van der Waals surface area contributed by atoms with E-state index in [0.717, 1.165) is 6.42 Å². The van der Waals surface area contributed by atoms with Crippen molar-refractivity contribution in [3.05, 3.63) is 0 Å². The van der Waals surface area contributed by atoms with E-state index in [4.69, 9.17) is 5.73 Å². The summed E-state index contributed by atoms with van der Waals surface area (Å²) in [4.78, 5) is 11.4. The zero-order valence-corrected chi connectivity index (χ0v) is 9.29. The lowest BCUT2D eigenvalue weighted by Gasteiger charge is -2.40. The van der Waals surface area contributed by atoms with E-state index < -0.39 is 6.09 Å². The lowest BCUT2D eigenvalue weighted by atomic mass is 10.0. The Morgan fingerprint density at radius 1 is 1.57 bits per heavy atom. The van der Waals surface area contributed by atoms with Crippen LogP contribution in [0.15, 0.2) is 0 Å². The third-order valence-electron chi connectivity index (χ3n) is 3.47. The van der Waals surface area contributed by atoms with E-state index in [0.29, 0.717) is 25.6 Å². The fourth-order valence-electron chi connectivity index (χ4n) is 2.29. The Hall–Kier alpha value is -0.610. The topological polar surface area (TPSA) is 63.3 Å². The smallest absolute Gasteiger partial charge is 0.435 e. The van der Waals surface area contributed by atoms with Gasteiger partial charge in [-0.15, -0.1) is 0 Å². The molecule has 4 heteroatoms. The summed E-state index contributed by atoms with van der Waals surface area (Å²) in [5.41, 5.74) is 5.36. The van der Waals surface area contributed by atoms with Crippen molar-refractivity contribution in [3.63, 3.8) is 0 Å². The summed E-state index contributed by atoms with van der Waals surface area (Å²) in [6.07, 6.45) is 0.216. The first-order valence-electron chi connectivity index (χ1n) is 5.14. The van der Waals surface area contributed by atoms with Gasteiger partial charge in [0.25, 0.3) is 0 Å². The van der Waals surface area contributed by atoms with E-state index in [-0.39, 0.29) is 10.0 Å². The molecule has 1 aliphatic rings. The van der Waals surface area contributed by atoms with Crippen LogP contribution in [0, 0.1) is 5.92 Å². The molecule has 0 aliphatic carbocycles. The number of hydrogen-bond acceptors (Lipinski definition) is 2. The summed E-state index contributed by atoms with van der Waals surface area (Å²) in [6.45, 7) is 7.94. The minimum Gasteiger partial charge on any atom is -0.435 e. The Balaban J connectivity index is 2.92. The third kappa shape index (κ3) is 1.64. The molecule has 1 amide bonds. The molecule has 1 rings (SSSR count). The van der Waals surface area contributed by atoms with Crippen LogP contribution in [0.1, 0.15) is 27.2 Å². The van der Waals surface area contributed by atoms with Crippen LogP contribution in [0.3, 0.4) is 0 Å². The maximum absolute atomic E-state index is 11.4. The standard InChI is InChI=1S/C10H20N2O2/c1-10(2,3)12(9(13)14)5-4-8(6-11)7-12/h8H,4-7,11H2,1-3H3/p+1. The number of carbonyl (C=O) groups is 1. The predicted molar refractivity (Wildman–Crippen MR) is 54.9 cm³/mol. The van der Waals surface area contributed by atoms with E-state index in [2.05, 4.69) is 0 Å². The average Bonchev–Trinajstić information content (AvgIpc) is 2.47. The van der Waals surface area contributed by atoms with Crippen molar-refractivity contribution in [2.45, 2.75) is 32.7 Å². The van der Waals surface area contributed by atoms with Crippen LogP contribution in [0.5, 0.6) is 0 Å². The molecule has 4 nitrogen and oxygen atoms in total. The number of amides is 1. The molecule has 0 aromatic rings. The molecule has 3 N–H and O–H groups in total. The van der Waals surface area contributed by atoms with E-state index >= 15 is 0 Å². The summed E-state index contributed by atoms with van der Waals surface area (Å²) in [7, 11) is 0. The van der Waals surface area contributed by atoms with Gasteiger partial charge < -0.3 is 10.8 Å². The fourth-order valence-corrected chi connectivity index (χ4v) is 2.29. The van der Waals surface area contributed by atoms with Crippen LogP contribution >= 0.6 is 0 Å². The lowest BCUT2D eigenvalue weighted by molar-refractivity contribution is -0.893. The van der Waals surface area contributed by atoms with Crippen molar-refractivity contribution < 1.29 is 14.4 Å². The monoisotopic (exact) mass is 201 g/mol. The van der Waals surface area contributed by atoms with E-state index in [1.807, 2.05) is 20.8 Å². The molecular weight excluding hydrogens is 180 g/mol. The van der Waals surface area contributed by atoms with Gasteiger partial charge in [0.15, 0.2) is 0 Å². The van der Waals surface area contributed by atoms with Crippen LogP contribution in [0.25, 0.3) is 0 Å². The Kier molecular flexibility index (Phi) is 2.88. The van der Waals surface area contributed by atoms with Gasteiger partial charge in [0.1, 0.15) is 5.54 Å². The fraction of sp³-hybridized carbons (Fsp3) is 0.900. The highest BCUT2D eigenvalue weighted by molar-refractivity contribution is 5.57. The number of quaternary nitrogens is 1. The summed E-state index contributed by atoms with van der Waals surface area (Å²) < 4.78 is 0.162. The molecular formula is C10H21N2O2+. The first-order chi connectivity index (χ1) is 6.33. The molecule has 2 unspecified atom stereocenters. The number of likely N-dealkylation sites (tertiary alicyclic amines) is 1. The molecule has 0 aromatic carbocycles. The number of nitrogens with two attached hydrogens (primary N) is 1. The minimum atomic E-state index is -0.714. The van der Waals surface area contributed by atoms with Gasteiger partial charge in [-0.1, -0.05) is 0 Å². The van der Waals surface area contributed by atoms with Crippen molar-refractivity contribution in [1.82, 2.24) is 0 Å². The highest BCUT2D eigenvalue weighted by Gasteiger charge is 2.52. The molecule has 14 heavy (non-hydrogen) atoms.